The third kappa shape index (κ3) is 7.53. The zero-order valence-corrected chi connectivity index (χ0v) is 34.2. The first-order valence-electron chi connectivity index (χ1n) is 17.7. The van der Waals surface area contributed by atoms with Crippen LogP contribution in [0.1, 0.15) is 78.0 Å². The number of aliphatic hydroxyl groups excluding tert-OH is 2. The number of benzene rings is 4. The quantitative estimate of drug-likeness (QED) is 0.0682. The van der Waals surface area contributed by atoms with Crippen molar-refractivity contribution in [3.63, 3.8) is 0 Å². The lowest BCUT2D eigenvalue weighted by atomic mass is 10.00. The smallest absolute Gasteiger partial charge is 0.294 e. The fourth-order valence-electron chi connectivity index (χ4n) is 7.71. The van der Waals surface area contributed by atoms with Crippen LogP contribution in [-0.2, 0) is 33.1 Å². The average molecular weight is 891 g/mol. The van der Waals surface area contributed by atoms with Gasteiger partial charge in [-0.1, -0.05) is 77.8 Å². The zero-order valence-electron chi connectivity index (χ0n) is 29.6. The minimum atomic E-state index is -4.49. The van der Waals surface area contributed by atoms with Crippen molar-refractivity contribution in [2.45, 2.75) is 66.9 Å². The Hall–Kier alpha value is -3.80. The van der Waals surface area contributed by atoms with Crippen LogP contribution in [0.15, 0.2) is 82.6 Å². The Labute approximate surface area is 347 Å². The van der Waals surface area contributed by atoms with Crippen molar-refractivity contribution < 1.29 is 36.2 Å². The van der Waals surface area contributed by atoms with Crippen molar-refractivity contribution in [3.8, 4) is 33.9 Å². The van der Waals surface area contributed by atoms with E-state index >= 15 is 0 Å². The lowest BCUT2D eigenvalue weighted by Crippen LogP contribution is -2.06. The molecule has 0 bridgehead atoms. The van der Waals surface area contributed by atoms with Crippen LogP contribution in [0.2, 0.25) is 20.1 Å². The maximum absolute atomic E-state index is 12.0. The molecule has 4 aromatic carbocycles. The lowest BCUT2D eigenvalue weighted by Gasteiger charge is -2.13. The predicted octanol–water partition coefficient (Wildman–Crippen LogP) is 9.02. The average Bonchev–Trinajstić information content (AvgIpc) is 3.89. The molecule has 2 aliphatic carbocycles. The highest BCUT2D eigenvalue weighted by molar-refractivity contribution is 7.86. The van der Waals surface area contributed by atoms with Crippen LogP contribution in [-0.4, -0.2) is 55.7 Å². The van der Waals surface area contributed by atoms with E-state index in [9.17, 15) is 36.2 Å². The van der Waals surface area contributed by atoms with Gasteiger partial charge in [0, 0.05) is 45.1 Å². The summed E-state index contributed by atoms with van der Waals surface area (Å²) in [6, 6.07) is 18.5. The maximum Gasteiger partial charge on any atom is 0.294 e. The van der Waals surface area contributed by atoms with Gasteiger partial charge >= 0.3 is 0 Å². The van der Waals surface area contributed by atoms with Crippen LogP contribution in [0, 0.1) is 0 Å². The summed E-state index contributed by atoms with van der Waals surface area (Å²) in [5, 5.41) is 34.0. The number of halogens is 4. The minimum absolute atomic E-state index is 0.269. The molecule has 0 saturated heterocycles. The second kappa shape index (κ2) is 15.1. The van der Waals surface area contributed by atoms with Crippen LogP contribution >= 0.6 is 46.4 Å². The molecule has 12 nitrogen and oxygen atoms in total. The Morgan fingerprint density at radius 1 is 0.579 bits per heavy atom. The molecule has 2 heterocycles. The number of aliphatic hydroxyl groups is 2. The third-order valence-electron chi connectivity index (χ3n) is 10.4. The monoisotopic (exact) mass is 888 g/mol. The number of hydrogen-bond acceptors (Lipinski definition) is 8. The number of aromatic nitrogens is 4. The Kier molecular flexibility index (Phi) is 10.6. The van der Waals surface area contributed by atoms with E-state index in [1.807, 2.05) is 0 Å². The molecule has 18 heteroatoms. The normalized spacial score (nSPS) is 14.3. The van der Waals surface area contributed by atoms with Crippen LogP contribution in [0.4, 0.5) is 0 Å². The number of nitrogens with zero attached hydrogens (tertiary/aromatic N) is 4. The summed E-state index contributed by atoms with van der Waals surface area (Å²) in [7, 11) is -8.98. The standard InChI is InChI=1S/C39H32Cl4N4O8S2/c40-22-8-12-32(30(42)16-22)46-38-26-18-24(56(50,51)52)10-6-20(26)14-28(38)36(44-46)34(48)4-2-1-3-5-35(49)37-29-15-21-7-11-25(57(53,54)55)19-27(21)39(29)47(45-37)33-13-9-23(41)17-31(33)43/h6-13,16-19,34-35,48-49H,1-5,14-15H2,(H,50,51,52)(H,53,54,55). The van der Waals surface area contributed by atoms with E-state index in [0.29, 0.717) is 121 Å². The van der Waals surface area contributed by atoms with Crippen molar-refractivity contribution in [2.75, 3.05) is 0 Å². The molecule has 0 fully saturated rings. The third-order valence-corrected chi connectivity index (χ3v) is 13.2. The second-order valence-corrected chi connectivity index (χ2v) is 18.6. The first kappa shape index (κ1) is 40.0. The van der Waals surface area contributed by atoms with Gasteiger partial charge in [-0.3, -0.25) is 9.11 Å². The molecule has 0 amide bonds. The van der Waals surface area contributed by atoms with E-state index in [1.54, 1.807) is 57.9 Å². The van der Waals surface area contributed by atoms with Gasteiger partial charge in [0.2, 0.25) is 0 Å². The highest BCUT2D eigenvalue weighted by Gasteiger charge is 2.34. The first-order chi connectivity index (χ1) is 27.0. The summed E-state index contributed by atoms with van der Waals surface area (Å²) >= 11 is 25.5. The molecule has 8 rings (SSSR count). The Morgan fingerprint density at radius 2 is 0.982 bits per heavy atom. The van der Waals surface area contributed by atoms with Crippen molar-refractivity contribution >= 4 is 66.6 Å². The van der Waals surface area contributed by atoms with Crippen LogP contribution < -0.4 is 0 Å². The van der Waals surface area contributed by atoms with E-state index in [1.165, 1.54) is 24.3 Å². The molecule has 296 valence electrons. The largest absolute Gasteiger partial charge is 0.387 e. The number of fused-ring (bicyclic) bond motifs is 6. The summed E-state index contributed by atoms with van der Waals surface area (Å²) in [6.45, 7) is 0. The maximum atomic E-state index is 12.0. The van der Waals surface area contributed by atoms with E-state index in [4.69, 9.17) is 56.6 Å². The molecule has 6 aromatic rings. The number of hydrogen-bond donors (Lipinski definition) is 4. The molecule has 4 N–H and O–H groups in total. The lowest BCUT2D eigenvalue weighted by molar-refractivity contribution is 0.148. The van der Waals surface area contributed by atoms with Crippen molar-refractivity contribution in [1.82, 2.24) is 19.6 Å². The van der Waals surface area contributed by atoms with Crippen molar-refractivity contribution in [1.29, 1.82) is 0 Å². The number of unbranched alkanes of at least 4 members (excludes halogenated alkanes) is 2. The number of rotatable bonds is 12. The molecule has 2 aromatic heterocycles. The van der Waals surface area contributed by atoms with Gasteiger partial charge in [0.05, 0.1) is 66.2 Å². The molecule has 2 aliphatic rings. The van der Waals surface area contributed by atoms with Gasteiger partial charge in [-0.05, 0) is 84.6 Å². The van der Waals surface area contributed by atoms with E-state index in [0.717, 1.165) is 11.1 Å². The molecule has 0 aliphatic heterocycles. The summed E-state index contributed by atoms with van der Waals surface area (Å²) < 4.78 is 70.7. The van der Waals surface area contributed by atoms with Crippen LogP contribution in [0.3, 0.4) is 0 Å². The van der Waals surface area contributed by atoms with E-state index in [-0.39, 0.29) is 9.79 Å². The van der Waals surface area contributed by atoms with Crippen LogP contribution in [0.25, 0.3) is 33.9 Å². The SMILES string of the molecule is O=S(=O)(O)c1ccc2c(c1)-c1c(c(C(O)CCCCCC(O)c3nn(-c4ccc(Cl)cc4Cl)c4c3Cc3ccc(S(=O)(=O)O)cc3-4)nn1-c1ccc(Cl)cc1Cl)C2. The van der Waals surface area contributed by atoms with Gasteiger partial charge in [0.25, 0.3) is 20.2 Å². The van der Waals surface area contributed by atoms with Crippen molar-refractivity contribution in [2.24, 2.45) is 0 Å². The van der Waals surface area contributed by atoms with Gasteiger partial charge in [-0.25, -0.2) is 9.36 Å². The van der Waals surface area contributed by atoms with Gasteiger partial charge in [-0.2, -0.15) is 27.0 Å². The van der Waals surface area contributed by atoms with Crippen molar-refractivity contribution in [3.05, 3.63) is 127 Å². The molecule has 0 spiro atoms. The molecule has 57 heavy (non-hydrogen) atoms. The summed E-state index contributed by atoms with van der Waals surface area (Å²) in [6.07, 6.45) is 1.25. The molecular weight excluding hydrogens is 858 g/mol. The molecule has 2 unspecified atom stereocenters. The molecule has 0 radical (unpaired) electrons. The van der Waals surface area contributed by atoms with Gasteiger partial charge < -0.3 is 10.2 Å². The minimum Gasteiger partial charge on any atom is -0.387 e. The zero-order chi connectivity index (χ0) is 40.6. The highest BCUT2D eigenvalue weighted by atomic mass is 35.5. The fraction of sp³-hybridized carbons (Fsp3) is 0.231. The van der Waals surface area contributed by atoms with Gasteiger partial charge in [0.15, 0.2) is 0 Å². The summed E-state index contributed by atoms with van der Waals surface area (Å²) in [5.41, 5.74) is 6.99. The highest BCUT2D eigenvalue weighted by Crippen LogP contribution is 2.46. The summed E-state index contributed by atoms with van der Waals surface area (Å²) in [4.78, 5) is -0.538. The van der Waals surface area contributed by atoms with Gasteiger partial charge in [0.1, 0.15) is 0 Å². The summed E-state index contributed by atoms with van der Waals surface area (Å²) in [5.74, 6) is 0. The Bertz CT molecular complexity index is 2650. The van der Waals surface area contributed by atoms with E-state index < -0.39 is 32.4 Å². The molecular formula is C39H32Cl4N4O8S2. The topological polar surface area (TPSA) is 185 Å². The fourth-order valence-corrected chi connectivity index (χ4v) is 9.70. The molecule has 2 atom stereocenters. The van der Waals surface area contributed by atoms with E-state index in [2.05, 4.69) is 0 Å². The predicted molar refractivity (Wildman–Crippen MR) is 216 cm³/mol. The Morgan fingerprint density at radius 3 is 1.35 bits per heavy atom. The molecule has 0 saturated carbocycles. The Balaban J connectivity index is 1.01. The first-order valence-corrected chi connectivity index (χ1v) is 22.1. The van der Waals surface area contributed by atoms with Gasteiger partial charge in [-0.15, -0.1) is 0 Å². The second-order valence-electron chi connectivity index (χ2n) is 14.1. The van der Waals surface area contributed by atoms with Crippen LogP contribution in [0.5, 0.6) is 0 Å².